The smallest absolute Gasteiger partial charge is 0.0687 e. The normalized spacial score (nSPS) is 23.0. The topological polar surface area (TPSA) is 27.0 Å². The molecule has 0 aromatic heterocycles. The van der Waals surface area contributed by atoms with Gasteiger partial charge in [0.2, 0.25) is 0 Å². The first-order chi connectivity index (χ1) is 6.06. The molecule has 0 bridgehead atoms. The Bertz CT molecular complexity index is 195. The molecule has 74 valence electrons. The van der Waals surface area contributed by atoms with Crippen LogP contribution in [0.4, 0.5) is 0 Å². The van der Waals surface area contributed by atoms with Crippen molar-refractivity contribution in [2.24, 2.45) is 11.3 Å². The summed E-state index contributed by atoms with van der Waals surface area (Å²) >= 11 is 0. The lowest BCUT2D eigenvalue weighted by Gasteiger charge is -2.35. The van der Waals surface area contributed by atoms with E-state index in [1.807, 2.05) is 0 Å². The van der Waals surface area contributed by atoms with Crippen molar-refractivity contribution in [3.05, 3.63) is 0 Å². The Balaban J connectivity index is 2.36. The first-order valence-electron chi connectivity index (χ1n) is 5.19. The van der Waals surface area contributed by atoms with Crippen LogP contribution >= 0.6 is 0 Å². The number of rotatable bonds is 2. The monoisotopic (exact) mass is 180 g/mol. The number of nitrogens with zero attached hydrogens (tertiary/aromatic N) is 2. The molecule has 1 fully saturated rings. The van der Waals surface area contributed by atoms with Gasteiger partial charge in [-0.2, -0.15) is 5.26 Å². The van der Waals surface area contributed by atoms with Crippen molar-refractivity contribution in [2.45, 2.75) is 33.6 Å². The molecule has 0 unspecified atom stereocenters. The zero-order valence-electron chi connectivity index (χ0n) is 9.01. The number of piperidine rings is 1. The van der Waals surface area contributed by atoms with Crippen LogP contribution in [-0.4, -0.2) is 24.5 Å². The molecule has 0 N–H and O–H groups in total. The van der Waals surface area contributed by atoms with Crippen LogP contribution in [-0.2, 0) is 0 Å². The van der Waals surface area contributed by atoms with Gasteiger partial charge < -0.3 is 4.90 Å². The van der Waals surface area contributed by atoms with Gasteiger partial charge >= 0.3 is 0 Å². The molecule has 2 nitrogen and oxygen atoms in total. The Morgan fingerprint density at radius 3 is 2.31 bits per heavy atom. The Morgan fingerprint density at radius 2 is 1.92 bits per heavy atom. The van der Waals surface area contributed by atoms with Crippen molar-refractivity contribution >= 4 is 0 Å². The molecule has 1 saturated heterocycles. The van der Waals surface area contributed by atoms with Crippen LogP contribution in [0, 0.1) is 22.7 Å². The molecular weight excluding hydrogens is 160 g/mol. The minimum absolute atomic E-state index is 0.0481. The zero-order valence-corrected chi connectivity index (χ0v) is 9.01. The molecule has 0 radical (unpaired) electrons. The van der Waals surface area contributed by atoms with Crippen LogP contribution in [0.3, 0.4) is 0 Å². The minimum atomic E-state index is -0.0481. The molecule has 0 aromatic carbocycles. The van der Waals surface area contributed by atoms with Crippen LogP contribution in [0.1, 0.15) is 33.6 Å². The summed E-state index contributed by atoms with van der Waals surface area (Å²) in [6.45, 7) is 9.96. The summed E-state index contributed by atoms with van der Waals surface area (Å²) in [5, 5.41) is 8.95. The van der Waals surface area contributed by atoms with Crippen molar-refractivity contribution in [1.82, 2.24) is 4.90 Å². The van der Waals surface area contributed by atoms with E-state index in [4.69, 9.17) is 5.26 Å². The van der Waals surface area contributed by atoms with Crippen molar-refractivity contribution < 1.29 is 0 Å². The highest BCUT2D eigenvalue weighted by Gasteiger charge is 2.29. The molecule has 0 aromatic rings. The SMILES string of the molecule is CC(C)CN1CCC(C)(C#N)CC1. The van der Waals surface area contributed by atoms with E-state index in [-0.39, 0.29) is 5.41 Å². The molecule has 0 spiro atoms. The van der Waals surface area contributed by atoms with Crippen LogP contribution in [0.2, 0.25) is 0 Å². The Hall–Kier alpha value is -0.550. The van der Waals surface area contributed by atoms with E-state index < -0.39 is 0 Å². The van der Waals surface area contributed by atoms with Gasteiger partial charge in [-0.25, -0.2) is 0 Å². The standard InChI is InChI=1S/C11H20N2/c1-10(2)8-13-6-4-11(3,9-12)5-7-13/h10H,4-8H2,1-3H3. The highest BCUT2D eigenvalue weighted by molar-refractivity contribution is 4.98. The summed E-state index contributed by atoms with van der Waals surface area (Å²) in [6.07, 6.45) is 2.08. The largest absolute Gasteiger partial charge is 0.303 e. The van der Waals surface area contributed by atoms with E-state index in [1.54, 1.807) is 0 Å². The van der Waals surface area contributed by atoms with E-state index in [2.05, 4.69) is 31.7 Å². The summed E-state index contributed by atoms with van der Waals surface area (Å²) in [4.78, 5) is 2.48. The number of likely N-dealkylation sites (tertiary alicyclic amines) is 1. The molecule has 1 aliphatic heterocycles. The maximum absolute atomic E-state index is 8.95. The Labute approximate surface area is 81.5 Å². The summed E-state index contributed by atoms with van der Waals surface area (Å²) in [5.74, 6) is 0.742. The summed E-state index contributed by atoms with van der Waals surface area (Å²) in [6, 6.07) is 2.43. The second kappa shape index (κ2) is 4.11. The fraction of sp³-hybridized carbons (Fsp3) is 0.909. The summed E-state index contributed by atoms with van der Waals surface area (Å²) < 4.78 is 0. The van der Waals surface area contributed by atoms with E-state index in [9.17, 15) is 0 Å². The van der Waals surface area contributed by atoms with Crippen LogP contribution in [0.15, 0.2) is 0 Å². The second-order valence-corrected chi connectivity index (χ2v) is 4.87. The highest BCUT2D eigenvalue weighted by atomic mass is 15.1. The van der Waals surface area contributed by atoms with E-state index in [0.717, 1.165) is 31.8 Å². The maximum Gasteiger partial charge on any atom is 0.0687 e. The third kappa shape index (κ3) is 3.00. The molecule has 1 rings (SSSR count). The molecule has 0 aliphatic carbocycles. The first kappa shape index (κ1) is 10.5. The molecule has 1 heterocycles. The predicted octanol–water partition coefficient (Wildman–Crippen LogP) is 2.27. The van der Waals surface area contributed by atoms with Crippen LogP contribution in [0.5, 0.6) is 0 Å². The number of nitriles is 1. The van der Waals surface area contributed by atoms with E-state index >= 15 is 0 Å². The van der Waals surface area contributed by atoms with Gasteiger partial charge in [-0.05, 0) is 38.8 Å². The molecule has 2 heteroatoms. The lowest BCUT2D eigenvalue weighted by molar-refractivity contribution is 0.143. The number of hydrogen-bond donors (Lipinski definition) is 0. The Morgan fingerprint density at radius 1 is 1.38 bits per heavy atom. The van der Waals surface area contributed by atoms with Gasteiger partial charge in [0, 0.05) is 6.54 Å². The van der Waals surface area contributed by atoms with Crippen molar-refractivity contribution in [1.29, 1.82) is 5.26 Å². The number of hydrogen-bond acceptors (Lipinski definition) is 2. The average molecular weight is 180 g/mol. The average Bonchev–Trinajstić information content (AvgIpc) is 2.09. The van der Waals surface area contributed by atoms with Gasteiger partial charge in [0.25, 0.3) is 0 Å². The van der Waals surface area contributed by atoms with Crippen molar-refractivity contribution in [3.8, 4) is 6.07 Å². The molecule has 0 saturated carbocycles. The van der Waals surface area contributed by atoms with E-state index in [1.165, 1.54) is 6.54 Å². The van der Waals surface area contributed by atoms with Crippen LogP contribution in [0.25, 0.3) is 0 Å². The third-order valence-corrected chi connectivity index (χ3v) is 2.85. The van der Waals surface area contributed by atoms with Crippen molar-refractivity contribution in [2.75, 3.05) is 19.6 Å². The van der Waals surface area contributed by atoms with Crippen molar-refractivity contribution in [3.63, 3.8) is 0 Å². The lowest BCUT2D eigenvalue weighted by Crippen LogP contribution is -2.39. The predicted molar refractivity (Wildman–Crippen MR) is 54.2 cm³/mol. The fourth-order valence-electron chi connectivity index (χ4n) is 1.86. The van der Waals surface area contributed by atoms with Gasteiger partial charge in [0.1, 0.15) is 0 Å². The van der Waals surface area contributed by atoms with Gasteiger partial charge in [-0.3, -0.25) is 0 Å². The van der Waals surface area contributed by atoms with Gasteiger partial charge in [0.05, 0.1) is 11.5 Å². The molecule has 1 aliphatic rings. The third-order valence-electron chi connectivity index (χ3n) is 2.85. The van der Waals surface area contributed by atoms with Crippen LogP contribution < -0.4 is 0 Å². The summed E-state index contributed by atoms with van der Waals surface area (Å²) in [7, 11) is 0. The summed E-state index contributed by atoms with van der Waals surface area (Å²) in [5.41, 5.74) is -0.0481. The minimum Gasteiger partial charge on any atom is -0.303 e. The fourth-order valence-corrected chi connectivity index (χ4v) is 1.86. The zero-order chi connectivity index (χ0) is 9.90. The second-order valence-electron chi connectivity index (χ2n) is 4.87. The molecule has 0 amide bonds. The lowest BCUT2D eigenvalue weighted by atomic mass is 9.82. The highest BCUT2D eigenvalue weighted by Crippen LogP contribution is 2.29. The van der Waals surface area contributed by atoms with E-state index in [0.29, 0.717) is 0 Å². The quantitative estimate of drug-likeness (QED) is 0.652. The maximum atomic E-state index is 8.95. The van der Waals surface area contributed by atoms with Gasteiger partial charge in [-0.15, -0.1) is 0 Å². The van der Waals surface area contributed by atoms with Gasteiger partial charge in [0.15, 0.2) is 0 Å². The first-order valence-corrected chi connectivity index (χ1v) is 5.19. The van der Waals surface area contributed by atoms with Gasteiger partial charge in [-0.1, -0.05) is 13.8 Å². The Kier molecular flexibility index (Phi) is 3.33. The molecular formula is C11H20N2. The molecule has 0 atom stereocenters. The molecule has 13 heavy (non-hydrogen) atoms.